The SMILES string of the molecule is CC(=O)N1C2CCC(C3CCCC(S(=O)(=O)N(C)C)C3)CC2N(C(=O)C2CC2)C[C@@H]1C. The van der Waals surface area contributed by atoms with Crippen LogP contribution in [0.5, 0.6) is 0 Å². The zero-order valence-electron chi connectivity index (χ0n) is 19.5. The van der Waals surface area contributed by atoms with Crippen molar-refractivity contribution >= 4 is 21.8 Å². The average Bonchev–Trinajstić information content (AvgIpc) is 3.57. The minimum absolute atomic E-state index is 0.0577. The van der Waals surface area contributed by atoms with E-state index in [0.717, 1.165) is 57.8 Å². The van der Waals surface area contributed by atoms with E-state index in [9.17, 15) is 18.0 Å². The Morgan fingerprint density at radius 1 is 0.903 bits per heavy atom. The molecule has 0 N–H and O–H groups in total. The van der Waals surface area contributed by atoms with Gasteiger partial charge in [-0.15, -0.1) is 0 Å². The van der Waals surface area contributed by atoms with E-state index in [0.29, 0.717) is 18.4 Å². The van der Waals surface area contributed by atoms with Crippen molar-refractivity contribution in [3.05, 3.63) is 0 Å². The maximum Gasteiger partial charge on any atom is 0.226 e. The molecule has 1 heterocycles. The predicted octanol–water partition coefficient (Wildman–Crippen LogP) is 2.46. The summed E-state index contributed by atoms with van der Waals surface area (Å²) in [6.07, 6.45) is 8.32. The van der Waals surface area contributed by atoms with Gasteiger partial charge >= 0.3 is 0 Å². The molecule has 31 heavy (non-hydrogen) atoms. The molecule has 0 bridgehead atoms. The second-order valence-corrected chi connectivity index (χ2v) is 13.1. The lowest BCUT2D eigenvalue weighted by Gasteiger charge is -2.55. The molecule has 4 aliphatic rings. The van der Waals surface area contributed by atoms with Gasteiger partial charge in [0, 0.05) is 39.5 Å². The first-order valence-corrected chi connectivity index (χ1v) is 13.6. The molecule has 3 aliphatic carbocycles. The lowest BCUT2D eigenvalue weighted by molar-refractivity contribution is -0.155. The maximum atomic E-state index is 13.1. The Balaban J connectivity index is 1.52. The molecule has 5 unspecified atom stereocenters. The zero-order valence-corrected chi connectivity index (χ0v) is 20.3. The molecular weight excluding hydrogens is 414 g/mol. The third-order valence-corrected chi connectivity index (χ3v) is 10.6. The molecule has 8 heteroatoms. The molecule has 1 aliphatic heterocycles. The Bertz CT molecular complexity index is 810. The summed E-state index contributed by atoms with van der Waals surface area (Å²) in [7, 11) is 0.0266. The molecule has 1 saturated heterocycles. The molecule has 7 nitrogen and oxygen atoms in total. The molecular formula is C23H39N3O4S. The van der Waals surface area contributed by atoms with Crippen molar-refractivity contribution in [2.75, 3.05) is 20.6 Å². The summed E-state index contributed by atoms with van der Waals surface area (Å²) in [6, 6.07) is 0.241. The standard InChI is InChI=1S/C23H39N3O4S/c1-15-14-25(23(28)17-8-9-17)22-13-19(10-11-21(22)26(15)16(2)27)18-6-5-7-20(12-18)31(29,30)24(3)4/h15,17-22H,5-14H2,1-4H3/t15-,18?,19?,20?,21?,22?/m0/s1. The molecule has 0 radical (unpaired) electrons. The highest BCUT2D eigenvalue weighted by molar-refractivity contribution is 7.89. The summed E-state index contributed by atoms with van der Waals surface area (Å²) in [4.78, 5) is 29.7. The minimum Gasteiger partial charge on any atom is -0.335 e. The van der Waals surface area contributed by atoms with E-state index in [-0.39, 0.29) is 41.1 Å². The Morgan fingerprint density at radius 2 is 1.58 bits per heavy atom. The number of fused-ring (bicyclic) bond motifs is 1. The van der Waals surface area contributed by atoms with Crippen molar-refractivity contribution in [3.63, 3.8) is 0 Å². The van der Waals surface area contributed by atoms with Crippen LogP contribution in [0.15, 0.2) is 0 Å². The predicted molar refractivity (Wildman–Crippen MR) is 120 cm³/mol. The first kappa shape index (κ1) is 23.0. The van der Waals surface area contributed by atoms with Gasteiger partial charge in [-0.2, -0.15) is 0 Å². The number of hydrogen-bond donors (Lipinski definition) is 0. The Hall–Kier alpha value is -1.15. The summed E-state index contributed by atoms with van der Waals surface area (Å²) in [5.41, 5.74) is 0. The summed E-state index contributed by atoms with van der Waals surface area (Å²) >= 11 is 0. The number of sulfonamides is 1. The molecule has 4 fully saturated rings. The van der Waals surface area contributed by atoms with Crippen molar-refractivity contribution in [1.82, 2.24) is 14.1 Å². The lowest BCUT2D eigenvalue weighted by Crippen LogP contribution is -2.67. The van der Waals surface area contributed by atoms with Crippen molar-refractivity contribution in [1.29, 1.82) is 0 Å². The van der Waals surface area contributed by atoms with Crippen LogP contribution in [-0.4, -0.2) is 78.4 Å². The third-order valence-electron chi connectivity index (χ3n) is 8.35. The van der Waals surface area contributed by atoms with Crippen LogP contribution in [0.1, 0.15) is 71.6 Å². The van der Waals surface area contributed by atoms with Crippen molar-refractivity contribution < 1.29 is 18.0 Å². The largest absolute Gasteiger partial charge is 0.335 e. The molecule has 4 rings (SSSR count). The van der Waals surface area contributed by atoms with E-state index in [1.54, 1.807) is 21.0 Å². The minimum atomic E-state index is -3.23. The van der Waals surface area contributed by atoms with Gasteiger partial charge in [0.2, 0.25) is 21.8 Å². The summed E-state index contributed by atoms with van der Waals surface area (Å²) in [5.74, 6) is 1.38. The zero-order chi connectivity index (χ0) is 22.5. The first-order chi connectivity index (χ1) is 14.6. The van der Waals surface area contributed by atoms with E-state index in [4.69, 9.17) is 0 Å². The number of carbonyl (C=O) groups excluding carboxylic acids is 2. The van der Waals surface area contributed by atoms with Crippen molar-refractivity contribution in [2.45, 2.75) is 95.0 Å². The van der Waals surface area contributed by atoms with Crippen LogP contribution in [0.3, 0.4) is 0 Å². The van der Waals surface area contributed by atoms with Gasteiger partial charge in [-0.05, 0) is 63.7 Å². The Kier molecular flexibility index (Phi) is 6.43. The second kappa shape index (κ2) is 8.65. The second-order valence-electron chi connectivity index (χ2n) is 10.6. The quantitative estimate of drug-likeness (QED) is 0.655. The van der Waals surface area contributed by atoms with Crippen LogP contribution >= 0.6 is 0 Å². The molecule has 176 valence electrons. The van der Waals surface area contributed by atoms with Crippen molar-refractivity contribution in [3.8, 4) is 0 Å². The van der Waals surface area contributed by atoms with E-state index in [1.807, 2.05) is 4.90 Å². The Labute approximate surface area is 187 Å². The van der Waals surface area contributed by atoms with E-state index in [1.165, 1.54) is 4.31 Å². The molecule has 0 spiro atoms. The van der Waals surface area contributed by atoms with Gasteiger partial charge < -0.3 is 9.80 Å². The van der Waals surface area contributed by atoms with E-state index < -0.39 is 10.0 Å². The normalized spacial score (nSPS) is 36.9. The maximum absolute atomic E-state index is 13.1. The number of carbonyl (C=O) groups is 2. The summed E-state index contributed by atoms with van der Waals surface area (Å²) in [5, 5.41) is -0.289. The van der Waals surface area contributed by atoms with Crippen LogP contribution in [0.4, 0.5) is 0 Å². The highest BCUT2D eigenvalue weighted by Gasteiger charge is 2.50. The van der Waals surface area contributed by atoms with E-state index >= 15 is 0 Å². The molecule has 2 amide bonds. The van der Waals surface area contributed by atoms with Gasteiger partial charge in [-0.25, -0.2) is 12.7 Å². The van der Waals surface area contributed by atoms with Gasteiger partial charge in [0.05, 0.1) is 17.3 Å². The van der Waals surface area contributed by atoms with Crippen LogP contribution in [0.2, 0.25) is 0 Å². The van der Waals surface area contributed by atoms with Crippen LogP contribution < -0.4 is 0 Å². The van der Waals surface area contributed by atoms with Crippen LogP contribution in [0, 0.1) is 17.8 Å². The number of amides is 2. The highest BCUT2D eigenvalue weighted by Crippen LogP contribution is 2.45. The molecule has 3 saturated carbocycles. The third kappa shape index (κ3) is 4.39. The molecule has 0 aromatic heterocycles. The van der Waals surface area contributed by atoms with Crippen LogP contribution in [0.25, 0.3) is 0 Å². The first-order valence-electron chi connectivity index (χ1n) is 12.1. The lowest BCUT2D eigenvalue weighted by atomic mass is 9.69. The number of piperazine rings is 1. The summed E-state index contributed by atoms with van der Waals surface area (Å²) < 4.78 is 26.9. The molecule has 0 aromatic carbocycles. The van der Waals surface area contributed by atoms with Crippen LogP contribution in [-0.2, 0) is 19.6 Å². The highest BCUT2D eigenvalue weighted by atomic mass is 32.2. The Morgan fingerprint density at radius 3 is 2.19 bits per heavy atom. The topological polar surface area (TPSA) is 78.0 Å². The fourth-order valence-electron chi connectivity index (χ4n) is 6.62. The number of nitrogens with zero attached hydrogens (tertiary/aromatic N) is 3. The average molecular weight is 454 g/mol. The van der Waals surface area contributed by atoms with Gasteiger partial charge in [0.25, 0.3) is 0 Å². The molecule has 0 aromatic rings. The summed E-state index contributed by atoms with van der Waals surface area (Å²) in [6.45, 7) is 4.34. The van der Waals surface area contributed by atoms with E-state index in [2.05, 4.69) is 11.8 Å². The fraction of sp³-hybridized carbons (Fsp3) is 0.913. The molecule has 6 atom stereocenters. The van der Waals surface area contributed by atoms with Crippen molar-refractivity contribution in [2.24, 2.45) is 17.8 Å². The smallest absolute Gasteiger partial charge is 0.226 e. The number of rotatable bonds is 4. The van der Waals surface area contributed by atoms with Gasteiger partial charge in [0.15, 0.2) is 0 Å². The van der Waals surface area contributed by atoms with Gasteiger partial charge in [-0.1, -0.05) is 12.8 Å². The number of hydrogen-bond acceptors (Lipinski definition) is 4. The monoisotopic (exact) mass is 453 g/mol. The fourth-order valence-corrected chi connectivity index (χ4v) is 8.18. The van der Waals surface area contributed by atoms with Gasteiger partial charge in [0.1, 0.15) is 0 Å². The van der Waals surface area contributed by atoms with Gasteiger partial charge in [-0.3, -0.25) is 9.59 Å².